The van der Waals surface area contributed by atoms with Gasteiger partial charge in [0.2, 0.25) is 5.91 Å². The van der Waals surface area contributed by atoms with E-state index in [2.05, 4.69) is 10.6 Å². The molecule has 1 unspecified atom stereocenters. The van der Waals surface area contributed by atoms with E-state index in [4.69, 9.17) is 10.8 Å². The molecule has 0 aromatic carbocycles. The van der Waals surface area contributed by atoms with Gasteiger partial charge in [0, 0.05) is 5.54 Å². The van der Waals surface area contributed by atoms with Gasteiger partial charge in [0.25, 0.3) is 0 Å². The maximum atomic E-state index is 11.4. The Kier molecular flexibility index (Phi) is 3.36. The minimum Gasteiger partial charge on any atom is -0.480 e. The average Bonchev–Trinajstić information content (AvgIpc) is 2.80. The van der Waals surface area contributed by atoms with E-state index in [0.717, 1.165) is 12.8 Å². The topological polar surface area (TPSA) is 122 Å². The Labute approximate surface area is 92.4 Å². The van der Waals surface area contributed by atoms with Gasteiger partial charge < -0.3 is 21.5 Å². The monoisotopic (exact) mass is 229 g/mol. The molecule has 0 spiro atoms. The summed E-state index contributed by atoms with van der Waals surface area (Å²) in [5, 5.41) is 13.6. The first-order valence-electron chi connectivity index (χ1n) is 4.92. The number of primary amides is 1. The van der Waals surface area contributed by atoms with Crippen molar-refractivity contribution in [3.8, 4) is 0 Å². The summed E-state index contributed by atoms with van der Waals surface area (Å²) in [7, 11) is 0. The van der Waals surface area contributed by atoms with Gasteiger partial charge in [-0.15, -0.1) is 0 Å². The Morgan fingerprint density at radius 2 is 2.00 bits per heavy atom. The van der Waals surface area contributed by atoms with Gasteiger partial charge in [0.1, 0.15) is 6.04 Å². The molecule has 7 heteroatoms. The molecule has 1 aliphatic carbocycles. The van der Waals surface area contributed by atoms with Crippen molar-refractivity contribution in [3.63, 3.8) is 0 Å². The number of carbonyl (C=O) groups excluding carboxylic acids is 2. The Hall–Kier alpha value is -1.79. The molecule has 1 rings (SSSR count). The lowest BCUT2D eigenvalue weighted by Gasteiger charge is -2.16. The molecule has 0 aromatic rings. The number of hydrogen-bond acceptors (Lipinski definition) is 3. The van der Waals surface area contributed by atoms with E-state index in [9.17, 15) is 14.4 Å². The second-order valence-corrected chi connectivity index (χ2v) is 4.22. The van der Waals surface area contributed by atoms with Crippen LogP contribution in [0.25, 0.3) is 0 Å². The standard InChI is InChI=1S/C9H15N3O4/c1-9(2-3-9)12-8(16)11-5(7(14)15)4-6(10)13/h5H,2-4H2,1H3,(H2,10,13)(H,14,15)(H2,11,12,16). The summed E-state index contributed by atoms with van der Waals surface area (Å²) in [5.41, 5.74) is 4.64. The van der Waals surface area contributed by atoms with Crippen LogP contribution in [0.1, 0.15) is 26.2 Å². The first-order valence-corrected chi connectivity index (χ1v) is 4.92. The van der Waals surface area contributed by atoms with Crippen LogP contribution < -0.4 is 16.4 Å². The number of amides is 3. The molecule has 0 bridgehead atoms. The van der Waals surface area contributed by atoms with Crippen LogP contribution in [-0.4, -0.2) is 34.6 Å². The third-order valence-corrected chi connectivity index (χ3v) is 2.42. The van der Waals surface area contributed by atoms with Crippen molar-refractivity contribution in [1.29, 1.82) is 0 Å². The van der Waals surface area contributed by atoms with Crippen molar-refractivity contribution in [1.82, 2.24) is 10.6 Å². The highest BCUT2D eigenvalue weighted by Gasteiger charge is 2.39. The van der Waals surface area contributed by atoms with Crippen LogP contribution in [0, 0.1) is 0 Å². The minimum atomic E-state index is -1.28. The second-order valence-electron chi connectivity index (χ2n) is 4.22. The molecule has 3 amide bonds. The number of rotatable bonds is 5. The van der Waals surface area contributed by atoms with Crippen LogP contribution in [0.3, 0.4) is 0 Å². The first kappa shape index (κ1) is 12.3. The zero-order chi connectivity index (χ0) is 12.3. The lowest BCUT2D eigenvalue weighted by Crippen LogP contribution is -2.50. The molecule has 0 aromatic heterocycles. The molecule has 5 N–H and O–H groups in total. The van der Waals surface area contributed by atoms with Crippen LogP contribution in [0.2, 0.25) is 0 Å². The van der Waals surface area contributed by atoms with Crippen molar-refractivity contribution >= 4 is 17.9 Å². The highest BCUT2D eigenvalue weighted by atomic mass is 16.4. The largest absolute Gasteiger partial charge is 0.480 e. The maximum absolute atomic E-state index is 11.4. The molecule has 0 heterocycles. The molecule has 0 aliphatic heterocycles. The molecule has 1 saturated carbocycles. The van der Waals surface area contributed by atoms with Crippen molar-refractivity contribution in [2.45, 2.75) is 37.8 Å². The predicted molar refractivity (Wildman–Crippen MR) is 54.5 cm³/mol. The number of carboxylic acids is 1. The zero-order valence-electron chi connectivity index (χ0n) is 8.95. The molecule has 90 valence electrons. The molecule has 0 saturated heterocycles. The third kappa shape index (κ3) is 3.76. The summed E-state index contributed by atoms with van der Waals surface area (Å²) >= 11 is 0. The summed E-state index contributed by atoms with van der Waals surface area (Å²) in [6.45, 7) is 1.86. The normalized spacial score (nSPS) is 18.3. The van der Waals surface area contributed by atoms with Gasteiger partial charge >= 0.3 is 12.0 Å². The van der Waals surface area contributed by atoms with E-state index in [1.165, 1.54) is 0 Å². The molecular weight excluding hydrogens is 214 g/mol. The Bertz CT molecular complexity index is 325. The summed E-state index contributed by atoms with van der Waals surface area (Å²) in [6.07, 6.45) is 1.32. The van der Waals surface area contributed by atoms with Gasteiger partial charge in [-0.1, -0.05) is 0 Å². The summed E-state index contributed by atoms with van der Waals surface area (Å²) in [4.78, 5) is 32.6. The number of hydrogen-bond donors (Lipinski definition) is 4. The highest BCUT2D eigenvalue weighted by molar-refractivity contribution is 5.87. The van der Waals surface area contributed by atoms with Crippen LogP contribution in [-0.2, 0) is 9.59 Å². The van der Waals surface area contributed by atoms with E-state index in [-0.39, 0.29) is 5.54 Å². The van der Waals surface area contributed by atoms with E-state index >= 15 is 0 Å². The molecular formula is C9H15N3O4. The van der Waals surface area contributed by atoms with Gasteiger partial charge in [-0.05, 0) is 19.8 Å². The van der Waals surface area contributed by atoms with Gasteiger partial charge in [-0.2, -0.15) is 0 Å². The lowest BCUT2D eigenvalue weighted by molar-refractivity contribution is -0.140. The van der Waals surface area contributed by atoms with Gasteiger partial charge in [0.15, 0.2) is 0 Å². The zero-order valence-corrected chi connectivity index (χ0v) is 8.95. The van der Waals surface area contributed by atoms with Gasteiger partial charge in [0.05, 0.1) is 6.42 Å². The van der Waals surface area contributed by atoms with Crippen LogP contribution >= 0.6 is 0 Å². The Balaban J connectivity index is 2.44. The van der Waals surface area contributed by atoms with Crippen molar-refractivity contribution in [2.75, 3.05) is 0 Å². The third-order valence-electron chi connectivity index (χ3n) is 2.42. The van der Waals surface area contributed by atoms with Gasteiger partial charge in [-0.25, -0.2) is 9.59 Å². The number of nitrogens with two attached hydrogens (primary N) is 1. The fraction of sp³-hybridized carbons (Fsp3) is 0.667. The quantitative estimate of drug-likeness (QED) is 0.491. The number of aliphatic carboxylic acids is 1. The number of carbonyl (C=O) groups is 3. The van der Waals surface area contributed by atoms with E-state index in [1.807, 2.05) is 6.92 Å². The molecule has 1 fully saturated rings. The van der Waals surface area contributed by atoms with Crippen molar-refractivity contribution in [3.05, 3.63) is 0 Å². The molecule has 1 aliphatic rings. The van der Waals surface area contributed by atoms with Crippen LogP contribution in [0.5, 0.6) is 0 Å². The Morgan fingerprint density at radius 3 is 2.38 bits per heavy atom. The lowest BCUT2D eigenvalue weighted by atomic mass is 10.2. The summed E-state index contributed by atoms with van der Waals surface area (Å²) in [6, 6.07) is -1.87. The summed E-state index contributed by atoms with van der Waals surface area (Å²) < 4.78 is 0. The van der Waals surface area contributed by atoms with Crippen molar-refractivity contribution in [2.24, 2.45) is 5.73 Å². The first-order chi connectivity index (χ1) is 7.32. The SMILES string of the molecule is CC1(NC(=O)NC(CC(N)=O)C(=O)O)CC1. The second kappa shape index (κ2) is 4.38. The number of urea groups is 1. The highest BCUT2D eigenvalue weighted by Crippen LogP contribution is 2.33. The van der Waals surface area contributed by atoms with Crippen molar-refractivity contribution < 1.29 is 19.5 Å². The fourth-order valence-corrected chi connectivity index (χ4v) is 1.18. The maximum Gasteiger partial charge on any atom is 0.326 e. The van der Waals surface area contributed by atoms with E-state index in [1.54, 1.807) is 0 Å². The van der Waals surface area contributed by atoms with Crippen LogP contribution in [0.15, 0.2) is 0 Å². The minimum absolute atomic E-state index is 0.236. The predicted octanol–water partition coefficient (Wildman–Crippen LogP) is -0.833. The molecule has 16 heavy (non-hydrogen) atoms. The number of carboxylic acid groups (broad SMARTS) is 1. The van der Waals surface area contributed by atoms with Crippen LogP contribution in [0.4, 0.5) is 4.79 Å². The smallest absolute Gasteiger partial charge is 0.326 e. The summed E-state index contributed by atoms with van der Waals surface area (Å²) in [5.74, 6) is -2.06. The molecule has 7 nitrogen and oxygen atoms in total. The Morgan fingerprint density at radius 1 is 1.44 bits per heavy atom. The molecule has 0 radical (unpaired) electrons. The van der Waals surface area contributed by atoms with Gasteiger partial charge in [-0.3, -0.25) is 4.79 Å². The number of nitrogens with one attached hydrogen (secondary N) is 2. The average molecular weight is 229 g/mol. The fourth-order valence-electron chi connectivity index (χ4n) is 1.18. The van der Waals surface area contributed by atoms with E-state index < -0.39 is 30.4 Å². The molecule has 1 atom stereocenters. The van der Waals surface area contributed by atoms with E-state index in [0.29, 0.717) is 0 Å².